The van der Waals surface area contributed by atoms with E-state index in [1.165, 1.54) is 6.42 Å². The molecule has 2 fully saturated rings. The Balaban J connectivity index is 1.93. The van der Waals surface area contributed by atoms with Gasteiger partial charge in [0, 0.05) is 13.1 Å². The molecule has 2 aliphatic rings. The first-order valence-electron chi connectivity index (χ1n) is 8.27. The predicted molar refractivity (Wildman–Crippen MR) is 81.0 cm³/mol. The van der Waals surface area contributed by atoms with E-state index in [-0.39, 0.29) is 11.9 Å². The first-order valence-corrected chi connectivity index (χ1v) is 8.27. The Morgan fingerprint density at radius 1 is 1.10 bits per heavy atom. The summed E-state index contributed by atoms with van der Waals surface area (Å²) in [6.45, 7) is 5.82. The summed E-state index contributed by atoms with van der Waals surface area (Å²) in [4.78, 5) is 25.6. The minimum absolute atomic E-state index is 0.0846. The molecular weight excluding hydrogens is 268 g/mol. The molecule has 5 heteroatoms. The molecule has 2 amide bonds. The summed E-state index contributed by atoms with van der Waals surface area (Å²) in [6.07, 6.45) is 6.13. The lowest BCUT2D eigenvalue weighted by atomic mass is 9.84. The van der Waals surface area contributed by atoms with E-state index >= 15 is 0 Å². The van der Waals surface area contributed by atoms with E-state index in [0.29, 0.717) is 11.8 Å². The number of piperidine rings is 1. The van der Waals surface area contributed by atoms with Crippen LogP contribution >= 0.6 is 0 Å². The molecule has 2 N–H and O–H groups in total. The summed E-state index contributed by atoms with van der Waals surface area (Å²) in [5.41, 5.74) is 0. The zero-order chi connectivity index (χ0) is 15.4. The van der Waals surface area contributed by atoms with Gasteiger partial charge in [-0.25, -0.2) is 9.59 Å². The number of rotatable bonds is 3. The normalized spacial score (nSPS) is 29.0. The summed E-state index contributed by atoms with van der Waals surface area (Å²) < 4.78 is 0. The second-order valence-electron chi connectivity index (χ2n) is 6.85. The fraction of sp³-hybridized carbons (Fsp3) is 0.875. The average Bonchev–Trinajstić information content (AvgIpc) is 2.48. The molecule has 3 unspecified atom stereocenters. The van der Waals surface area contributed by atoms with Crippen molar-refractivity contribution in [2.75, 3.05) is 13.1 Å². The number of hydrogen-bond acceptors (Lipinski definition) is 2. The number of likely N-dealkylation sites (tertiary alicyclic amines) is 1. The van der Waals surface area contributed by atoms with E-state index in [9.17, 15) is 14.7 Å². The minimum atomic E-state index is -0.895. The van der Waals surface area contributed by atoms with E-state index in [4.69, 9.17) is 0 Å². The summed E-state index contributed by atoms with van der Waals surface area (Å²) in [7, 11) is 0. The largest absolute Gasteiger partial charge is 0.480 e. The molecule has 3 atom stereocenters. The van der Waals surface area contributed by atoms with Gasteiger partial charge in [-0.05, 0) is 37.0 Å². The molecule has 1 saturated heterocycles. The fourth-order valence-electron chi connectivity index (χ4n) is 3.52. The van der Waals surface area contributed by atoms with Crippen molar-refractivity contribution in [3.05, 3.63) is 0 Å². The first kappa shape index (κ1) is 16.1. The highest BCUT2D eigenvalue weighted by Crippen LogP contribution is 2.27. The number of carbonyl (C=O) groups excluding carboxylic acids is 1. The number of amides is 2. The highest BCUT2D eigenvalue weighted by Gasteiger charge is 2.33. The van der Waals surface area contributed by atoms with Crippen molar-refractivity contribution in [2.45, 2.75) is 58.4 Å². The molecule has 0 spiro atoms. The zero-order valence-electron chi connectivity index (χ0n) is 13.2. The van der Waals surface area contributed by atoms with Crippen LogP contribution in [0.3, 0.4) is 0 Å². The first-order chi connectivity index (χ1) is 9.99. The van der Waals surface area contributed by atoms with Gasteiger partial charge in [0.05, 0.1) is 0 Å². The third-order valence-corrected chi connectivity index (χ3v) is 5.29. The third-order valence-electron chi connectivity index (χ3n) is 5.29. The molecule has 0 radical (unpaired) electrons. The smallest absolute Gasteiger partial charge is 0.326 e. The quantitative estimate of drug-likeness (QED) is 0.841. The topological polar surface area (TPSA) is 69.6 Å². The van der Waals surface area contributed by atoms with Crippen LogP contribution in [0.4, 0.5) is 4.79 Å². The maximum Gasteiger partial charge on any atom is 0.326 e. The molecule has 120 valence electrons. The third kappa shape index (κ3) is 4.11. The molecule has 1 heterocycles. The number of carboxylic acid groups (broad SMARTS) is 1. The van der Waals surface area contributed by atoms with Crippen molar-refractivity contribution in [2.24, 2.45) is 17.8 Å². The number of carboxylic acids is 1. The van der Waals surface area contributed by atoms with Crippen LogP contribution in [0.2, 0.25) is 0 Å². The van der Waals surface area contributed by atoms with Crippen LogP contribution in [-0.2, 0) is 4.79 Å². The van der Waals surface area contributed by atoms with Gasteiger partial charge < -0.3 is 15.3 Å². The lowest BCUT2D eigenvalue weighted by Gasteiger charge is -2.37. The molecule has 1 saturated carbocycles. The second kappa shape index (κ2) is 7.14. The monoisotopic (exact) mass is 296 g/mol. The van der Waals surface area contributed by atoms with Crippen LogP contribution in [0.25, 0.3) is 0 Å². The van der Waals surface area contributed by atoms with E-state index in [0.717, 1.165) is 45.2 Å². The van der Waals surface area contributed by atoms with Gasteiger partial charge in [-0.3, -0.25) is 0 Å². The minimum Gasteiger partial charge on any atom is -0.480 e. The highest BCUT2D eigenvalue weighted by molar-refractivity contribution is 5.82. The Labute approximate surface area is 127 Å². The second-order valence-corrected chi connectivity index (χ2v) is 6.85. The van der Waals surface area contributed by atoms with Crippen LogP contribution in [0.5, 0.6) is 0 Å². The fourth-order valence-corrected chi connectivity index (χ4v) is 3.52. The number of aliphatic carboxylic acids is 1. The zero-order valence-corrected chi connectivity index (χ0v) is 13.2. The van der Waals surface area contributed by atoms with Gasteiger partial charge in [0.2, 0.25) is 0 Å². The summed E-state index contributed by atoms with van der Waals surface area (Å²) in [5, 5.41) is 12.2. The Bertz CT molecular complexity index is 380. The van der Waals surface area contributed by atoms with E-state index in [2.05, 4.69) is 19.2 Å². The van der Waals surface area contributed by atoms with Crippen molar-refractivity contribution in [3.8, 4) is 0 Å². The van der Waals surface area contributed by atoms with Crippen LogP contribution in [-0.4, -0.2) is 41.1 Å². The van der Waals surface area contributed by atoms with Crippen LogP contribution in [0, 0.1) is 17.8 Å². The lowest BCUT2D eigenvalue weighted by Crippen LogP contribution is -2.54. The van der Waals surface area contributed by atoms with Gasteiger partial charge in [-0.1, -0.05) is 33.1 Å². The Kier molecular flexibility index (Phi) is 5.48. The van der Waals surface area contributed by atoms with Crippen molar-refractivity contribution in [1.82, 2.24) is 10.2 Å². The van der Waals surface area contributed by atoms with Gasteiger partial charge in [0.25, 0.3) is 0 Å². The Morgan fingerprint density at radius 2 is 1.76 bits per heavy atom. The van der Waals surface area contributed by atoms with Crippen LogP contribution < -0.4 is 5.32 Å². The SMILES string of the molecule is CC1CCN(C(=O)NC(C(=O)O)C2CCCCC2)CC1C. The van der Waals surface area contributed by atoms with Gasteiger partial charge in [0.15, 0.2) is 0 Å². The van der Waals surface area contributed by atoms with E-state index < -0.39 is 12.0 Å². The highest BCUT2D eigenvalue weighted by atomic mass is 16.4. The number of nitrogens with zero attached hydrogens (tertiary/aromatic N) is 1. The number of urea groups is 1. The number of carbonyl (C=O) groups is 2. The molecule has 1 aliphatic heterocycles. The average molecular weight is 296 g/mol. The molecule has 2 rings (SSSR count). The molecular formula is C16H28N2O3. The molecule has 5 nitrogen and oxygen atoms in total. The maximum atomic E-state index is 12.4. The van der Waals surface area contributed by atoms with Gasteiger partial charge in [0.1, 0.15) is 6.04 Å². The molecule has 0 bridgehead atoms. The lowest BCUT2D eigenvalue weighted by molar-refractivity contribution is -0.141. The predicted octanol–water partition coefficient (Wildman–Crippen LogP) is 2.71. The van der Waals surface area contributed by atoms with Crippen molar-refractivity contribution in [3.63, 3.8) is 0 Å². The van der Waals surface area contributed by atoms with Crippen molar-refractivity contribution >= 4 is 12.0 Å². The van der Waals surface area contributed by atoms with E-state index in [1.54, 1.807) is 4.90 Å². The molecule has 0 aromatic rings. The summed E-state index contributed by atoms with van der Waals surface area (Å²) >= 11 is 0. The van der Waals surface area contributed by atoms with Crippen LogP contribution in [0.15, 0.2) is 0 Å². The van der Waals surface area contributed by atoms with Crippen molar-refractivity contribution in [1.29, 1.82) is 0 Å². The molecule has 21 heavy (non-hydrogen) atoms. The Morgan fingerprint density at radius 3 is 2.33 bits per heavy atom. The standard InChI is InChI=1S/C16H28N2O3/c1-11-8-9-18(10-12(11)2)16(21)17-14(15(19)20)13-6-4-3-5-7-13/h11-14H,3-10H2,1-2H3,(H,17,21)(H,19,20). The van der Waals surface area contributed by atoms with Gasteiger partial charge in [-0.15, -0.1) is 0 Å². The summed E-state index contributed by atoms with van der Waals surface area (Å²) in [6, 6.07) is -0.931. The van der Waals surface area contributed by atoms with Crippen molar-refractivity contribution < 1.29 is 14.7 Å². The molecule has 0 aromatic carbocycles. The van der Waals surface area contributed by atoms with Crippen LogP contribution in [0.1, 0.15) is 52.4 Å². The summed E-state index contributed by atoms with van der Waals surface area (Å²) in [5.74, 6) is 0.292. The Hall–Kier alpha value is -1.26. The van der Waals surface area contributed by atoms with Gasteiger partial charge >= 0.3 is 12.0 Å². The molecule has 0 aromatic heterocycles. The molecule has 1 aliphatic carbocycles. The maximum absolute atomic E-state index is 12.4. The number of nitrogens with one attached hydrogen (secondary N) is 1. The number of hydrogen-bond donors (Lipinski definition) is 2. The van der Waals surface area contributed by atoms with Gasteiger partial charge in [-0.2, -0.15) is 0 Å². The van der Waals surface area contributed by atoms with E-state index in [1.807, 2.05) is 0 Å².